The van der Waals surface area contributed by atoms with Crippen molar-refractivity contribution < 1.29 is 28.3 Å². The molecule has 0 unspecified atom stereocenters. The zero-order valence-electron chi connectivity index (χ0n) is 17.4. The fourth-order valence-electron chi connectivity index (χ4n) is 4.44. The maximum atomic E-state index is 12.0. The van der Waals surface area contributed by atoms with Crippen LogP contribution in [0.4, 0.5) is 0 Å². The van der Waals surface area contributed by atoms with Crippen LogP contribution in [0.2, 0.25) is 0 Å². The molecule has 2 heterocycles. The summed E-state index contributed by atoms with van der Waals surface area (Å²) in [6.45, 7) is 1.82. The second-order valence-corrected chi connectivity index (χ2v) is 7.56. The van der Waals surface area contributed by atoms with Crippen LogP contribution in [-0.4, -0.2) is 26.8 Å². The Balaban J connectivity index is 1.97. The summed E-state index contributed by atoms with van der Waals surface area (Å²) in [5.41, 5.74) is 2.01. The smallest absolute Gasteiger partial charge is 0.231 e. The normalized spacial score (nSPS) is 12.7. The lowest BCUT2D eigenvalue weighted by atomic mass is 9.94. The van der Waals surface area contributed by atoms with E-state index in [2.05, 4.69) is 10.6 Å². The lowest BCUT2D eigenvalue weighted by Crippen LogP contribution is -2.29. The largest absolute Gasteiger partial charge is 0.493 e. The van der Waals surface area contributed by atoms with Gasteiger partial charge in [0.15, 0.2) is 29.2 Å². The van der Waals surface area contributed by atoms with E-state index in [0.717, 1.165) is 43.8 Å². The number of nitrogens with zero attached hydrogens (tertiary/aromatic N) is 1. The number of carbonyl (C=O) groups is 1. The van der Waals surface area contributed by atoms with Crippen molar-refractivity contribution in [2.45, 2.75) is 13.3 Å². The maximum absolute atomic E-state index is 12.0. The topological polar surface area (TPSA) is 57.9 Å². The van der Waals surface area contributed by atoms with Crippen molar-refractivity contribution in [2.24, 2.45) is 7.05 Å². The third kappa shape index (κ3) is 2.64. The van der Waals surface area contributed by atoms with Gasteiger partial charge in [0, 0.05) is 11.8 Å². The maximum Gasteiger partial charge on any atom is 0.231 e. The average Bonchev–Trinajstić information content (AvgIpc) is 3.18. The van der Waals surface area contributed by atoms with Gasteiger partial charge in [-0.25, -0.2) is 0 Å². The summed E-state index contributed by atoms with van der Waals surface area (Å²) in [6.07, 6.45) is 2.40. The first kappa shape index (κ1) is 18.5. The van der Waals surface area contributed by atoms with Gasteiger partial charge in [-0.15, -0.1) is 0 Å². The van der Waals surface area contributed by atoms with Crippen LogP contribution in [0.5, 0.6) is 23.0 Å². The lowest BCUT2D eigenvalue weighted by Gasteiger charge is -2.14. The molecule has 0 N–H and O–H groups in total. The van der Waals surface area contributed by atoms with E-state index in [-0.39, 0.29) is 12.6 Å². The van der Waals surface area contributed by atoms with Gasteiger partial charge < -0.3 is 18.9 Å². The number of aromatic nitrogens is 1. The number of hydrogen-bond acceptors (Lipinski definition) is 5. The minimum Gasteiger partial charge on any atom is -0.493 e. The number of aryl methyl sites for hydroxylation is 1. The predicted molar refractivity (Wildman–Crippen MR) is 114 cm³/mol. The van der Waals surface area contributed by atoms with E-state index >= 15 is 0 Å². The molecule has 4 aromatic rings. The Morgan fingerprint density at radius 1 is 0.967 bits per heavy atom. The van der Waals surface area contributed by atoms with Crippen LogP contribution in [0.3, 0.4) is 0 Å². The first-order valence-corrected chi connectivity index (χ1v) is 9.73. The van der Waals surface area contributed by atoms with Gasteiger partial charge in [-0.3, -0.25) is 4.79 Å². The summed E-state index contributed by atoms with van der Waals surface area (Å²) in [5, 5.41) is 5.04. The minimum absolute atomic E-state index is 0.108. The molecule has 6 nitrogen and oxygen atoms in total. The molecule has 0 saturated carbocycles. The molecule has 0 fully saturated rings. The highest BCUT2D eigenvalue weighted by Crippen LogP contribution is 2.42. The molecule has 6 heteroatoms. The molecule has 30 heavy (non-hydrogen) atoms. The number of hydrogen-bond donors (Lipinski definition) is 0. The van der Waals surface area contributed by atoms with Gasteiger partial charge in [-0.05, 0) is 48.2 Å². The van der Waals surface area contributed by atoms with E-state index < -0.39 is 0 Å². The highest BCUT2D eigenvalue weighted by Gasteiger charge is 2.24. The van der Waals surface area contributed by atoms with E-state index in [1.54, 1.807) is 21.1 Å². The van der Waals surface area contributed by atoms with Gasteiger partial charge in [-0.2, -0.15) is 4.57 Å². The Labute approximate surface area is 173 Å². The summed E-state index contributed by atoms with van der Waals surface area (Å²) in [5.74, 6) is 2.90. The lowest BCUT2D eigenvalue weighted by molar-refractivity contribution is -0.642. The minimum atomic E-state index is 0.108. The molecule has 0 spiro atoms. The zero-order chi connectivity index (χ0) is 21.0. The number of rotatable bonds is 4. The monoisotopic (exact) mass is 404 g/mol. The molecule has 152 valence electrons. The molecule has 0 radical (unpaired) electrons. The summed E-state index contributed by atoms with van der Waals surface area (Å²) in [6, 6.07) is 10.0. The predicted octanol–water partition coefficient (Wildman–Crippen LogP) is 3.85. The summed E-state index contributed by atoms with van der Waals surface area (Å²) >= 11 is 0. The van der Waals surface area contributed by atoms with Crippen molar-refractivity contribution in [2.75, 3.05) is 21.0 Å². The Morgan fingerprint density at radius 3 is 2.33 bits per heavy atom. The number of pyridine rings is 1. The molecule has 5 rings (SSSR count). The van der Waals surface area contributed by atoms with Crippen LogP contribution in [0.25, 0.3) is 32.4 Å². The van der Waals surface area contributed by atoms with E-state index in [1.165, 1.54) is 0 Å². The van der Waals surface area contributed by atoms with Crippen LogP contribution < -0.4 is 23.5 Å². The molecule has 0 amide bonds. The van der Waals surface area contributed by atoms with Crippen LogP contribution in [0.15, 0.2) is 36.5 Å². The van der Waals surface area contributed by atoms with Crippen molar-refractivity contribution in [1.82, 2.24) is 0 Å². The van der Waals surface area contributed by atoms with Gasteiger partial charge in [0.1, 0.15) is 12.8 Å². The average molecular weight is 404 g/mol. The molecular weight excluding hydrogens is 382 g/mol. The van der Waals surface area contributed by atoms with Crippen molar-refractivity contribution >= 4 is 38.2 Å². The number of benzene rings is 3. The van der Waals surface area contributed by atoms with Gasteiger partial charge in [0.2, 0.25) is 12.3 Å². The molecule has 1 aliphatic heterocycles. The molecule has 3 aromatic carbocycles. The summed E-state index contributed by atoms with van der Waals surface area (Å²) < 4.78 is 24.5. The molecule has 0 bridgehead atoms. The Hall–Kier alpha value is -3.54. The third-order valence-corrected chi connectivity index (χ3v) is 5.68. The van der Waals surface area contributed by atoms with E-state index in [4.69, 9.17) is 18.9 Å². The van der Waals surface area contributed by atoms with Crippen LogP contribution in [0.1, 0.15) is 12.5 Å². The number of ether oxygens (including phenoxy) is 4. The highest BCUT2D eigenvalue weighted by molar-refractivity contribution is 6.16. The number of carbonyl (C=O) groups excluding carboxylic acids is 1. The van der Waals surface area contributed by atoms with E-state index in [1.807, 2.05) is 37.5 Å². The van der Waals surface area contributed by atoms with Crippen molar-refractivity contribution in [3.05, 3.63) is 42.1 Å². The van der Waals surface area contributed by atoms with E-state index in [9.17, 15) is 4.79 Å². The first-order valence-electron chi connectivity index (χ1n) is 9.73. The number of Topliss-reactive ketones (excluding diaryl/α,β-unsaturated/α-hetero) is 1. The second-order valence-electron chi connectivity index (χ2n) is 7.56. The van der Waals surface area contributed by atoms with Crippen molar-refractivity contribution in [1.29, 1.82) is 0 Å². The molecule has 0 atom stereocenters. The van der Waals surface area contributed by atoms with Crippen LogP contribution >= 0.6 is 0 Å². The highest BCUT2D eigenvalue weighted by atomic mass is 16.7. The van der Waals surface area contributed by atoms with E-state index in [0.29, 0.717) is 23.7 Å². The summed E-state index contributed by atoms with van der Waals surface area (Å²) in [7, 11) is 5.28. The number of ketones is 1. The first-order chi connectivity index (χ1) is 14.5. The third-order valence-electron chi connectivity index (χ3n) is 5.68. The number of fused-ring (bicyclic) bond motifs is 6. The number of methoxy groups -OCH3 is 2. The Bertz CT molecular complexity index is 1360. The van der Waals surface area contributed by atoms with Gasteiger partial charge in [0.25, 0.3) is 0 Å². The second kappa shape index (κ2) is 6.76. The Morgan fingerprint density at radius 2 is 1.67 bits per heavy atom. The molecule has 1 aliphatic rings. The zero-order valence-corrected chi connectivity index (χ0v) is 17.4. The Kier molecular flexibility index (Phi) is 4.17. The SMILES string of the molecule is COc1ccc2c(c[n+](C)c3c4cc5c(cc4c(CC(C)=O)cc23)OCO5)c1OC. The fourth-order valence-corrected chi connectivity index (χ4v) is 4.44. The quantitative estimate of drug-likeness (QED) is 0.382. The molecule has 0 saturated heterocycles. The van der Waals surface area contributed by atoms with Gasteiger partial charge in [-0.1, -0.05) is 0 Å². The standard InChI is InChI=1S/C24H22NO5/c1-13(26)7-14-8-17-15-5-6-20(27-3)24(28-4)19(15)11-25(2)23(17)18-10-22-21(9-16(14)18)29-12-30-22/h5-6,8-11H,7,12H2,1-4H3/q+1. The van der Waals surface area contributed by atoms with Crippen LogP contribution in [0, 0.1) is 0 Å². The fraction of sp³-hybridized carbons (Fsp3) is 0.250. The molecule has 0 aliphatic carbocycles. The van der Waals surface area contributed by atoms with Gasteiger partial charge in [0.05, 0.1) is 30.4 Å². The summed E-state index contributed by atoms with van der Waals surface area (Å²) in [4.78, 5) is 12.0. The van der Waals surface area contributed by atoms with Crippen LogP contribution in [-0.2, 0) is 18.3 Å². The molecular formula is C24H22NO5+. The molecule has 1 aromatic heterocycles. The van der Waals surface area contributed by atoms with Crippen molar-refractivity contribution in [3.8, 4) is 23.0 Å². The van der Waals surface area contributed by atoms with Crippen molar-refractivity contribution in [3.63, 3.8) is 0 Å². The van der Waals surface area contributed by atoms with Gasteiger partial charge >= 0.3 is 0 Å².